The molecule has 1 aromatic carbocycles. The van der Waals surface area contributed by atoms with Crippen LogP contribution in [0.4, 0.5) is 5.69 Å². The van der Waals surface area contributed by atoms with E-state index in [0.717, 1.165) is 12.8 Å². The highest BCUT2D eigenvalue weighted by atomic mass is 16.1. The molecule has 23 heavy (non-hydrogen) atoms. The van der Waals surface area contributed by atoms with E-state index in [1.807, 2.05) is 19.9 Å². The van der Waals surface area contributed by atoms with Gasteiger partial charge in [-0.15, -0.1) is 0 Å². The third-order valence-electron chi connectivity index (χ3n) is 2.95. The number of benzene rings is 1. The zero-order chi connectivity index (χ0) is 18.1. The van der Waals surface area contributed by atoms with Crippen molar-refractivity contribution in [3.05, 3.63) is 29.8 Å². The normalized spacial score (nSPS) is 16.1. The van der Waals surface area contributed by atoms with Crippen LogP contribution in [0.1, 0.15) is 37.0 Å². The van der Waals surface area contributed by atoms with Crippen molar-refractivity contribution in [3.63, 3.8) is 0 Å². The van der Waals surface area contributed by atoms with Crippen molar-refractivity contribution in [2.75, 3.05) is 25.6 Å². The van der Waals surface area contributed by atoms with Gasteiger partial charge in [-0.25, -0.2) is 0 Å². The number of likely N-dealkylation sites (N-methyl/N-ethyl adjacent to an activating group) is 1. The maximum absolute atomic E-state index is 10.4. The Morgan fingerprint density at radius 2 is 2.00 bits per heavy atom. The van der Waals surface area contributed by atoms with Gasteiger partial charge >= 0.3 is 0 Å². The molecule has 1 aromatic rings. The molecule has 1 atom stereocenters. The van der Waals surface area contributed by atoms with Gasteiger partial charge in [-0.05, 0) is 45.3 Å². The van der Waals surface area contributed by atoms with Crippen LogP contribution in [-0.4, -0.2) is 50.8 Å². The average molecular weight is 321 g/mol. The molecule has 0 saturated carbocycles. The zero-order valence-electron chi connectivity index (χ0n) is 14.6. The molecule has 0 bridgehead atoms. The van der Waals surface area contributed by atoms with Crippen molar-refractivity contribution in [1.29, 1.82) is 5.41 Å². The zero-order valence-corrected chi connectivity index (χ0v) is 14.6. The standard InChI is InChI=1S/C8H8N2O.C6H14N2.C2H6.CH3N/c1-9-10-8-5-3-2-4-7(8)6-11;1-8-4-2-3-6(7)5-8;2*1-2/h2-6,10H,1H2;6H,2-5,7H2,1H3;1-2H3;2H,1H2. The summed E-state index contributed by atoms with van der Waals surface area (Å²) in [6.45, 7) is 12.1. The molecular formula is C17H31N5O. The number of hydrazone groups is 1. The van der Waals surface area contributed by atoms with E-state index in [2.05, 4.69) is 35.9 Å². The molecule has 6 nitrogen and oxygen atoms in total. The van der Waals surface area contributed by atoms with E-state index in [0.29, 0.717) is 17.3 Å². The van der Waals surface area contributed by atoms with Gasteiger partial charge in [0.2, 0.25) is 0 Å². The van der Waals surface area contributed by atoms with Gasteiger partial charge in [-0.1, -0.05) is 26.0 Å². The third kappa shape index (κ3) is 11.2. The second-order valence-corrected chi connectivity index (χ2v) is 4.64. The number of likely N-dealkylation sites (tertiary alicyclic amines) is 1. The number of piperidine rings is 1. The summed E-state index contributed by atoms with van der Waals surface area (Å²) in [5.41, 5.74) is 9.55. The minimum atomic E-state index is 0.439. The Morgan fingerprint density at radius 3 is 2.43 bits per heavy atom. The van der Waals surface area contributed by atoms with Crippen molar-refractivity contribution < 1.29 is 4.79 Å². The lowest BCUT2D eigenvalue weighted by Crippen LogP contribution is -2.40. The van der Waals surface area contributed by atoms with Crippen LogP contribution in [0.2, 0.25) is 0 Å². The number of aldehydes is 1. The van der Waals surface area contributed by atoms with Crippen LogP contribution >= 0.6 is 0 Å². The molecule has 0 amide bonds. The first-order chi connectivity index (χ1) is 11.2. The van der Waals surface area contributed by atoms with E-state index in [4.69, 9.17) is 11.1 Å². The van der Waals surface area contributed by atoms with Crippen LogP contribution in [0, 0.1) is 5.41 Å². The second-order valence-electron chi connectivity index (χ2n) is 4.64. The summed E-state index contributed by atoms with van der Waals surface area (Å²) in [4.78, 5) is 12.7. The number of carbonyl (C=O) groups is 1. The number of rotatable bonds is 3. The molecule has 1 fully saturated rings. The first-order valence-electron chi connectivity index (χ1n) is 7.72. The van der Waals surface area contributed by atoms with Crippen molar-refractivity contribution in [2.45, 2.75) is 32.7 Å². The number of hydrogen-bond donors (Lipinski definition) is 3. The van der Waals surface area contributed by atoms with Crippen LogP contribution < -0.4 is 11.2 Å². The summed E-state index contributed by atoms with van der Waals surface area (Å²) >= 11 is 0. The summed E-state index contributed by atoms with van der Waals surface area (Å²) in [6, 6.07) is 7.52. The first kappa shape index (κ1) is 23.2. The maximum atomic E-state index is 10.4. The lowest BCUT2D eigenvalue weighted by molar-refractivity contribution is 0.112. The molecule has 130 valence electrons. The van der Waals surface area contributed by atoms with Crippen molar-refractivity contribution >= 4 is 25.4 Å². The van der Waals surface area contributed by atoms with Gasteiger partial charge in [0, 0.05) is 24.9 Å². The van der Waals surface area contributed by atoms with Crippen molar-refractivity contribution in [2.24, 2.45) is 10.8 Å². The summed E-state index contributed by atoms with van der Waals surface area (Å²) in [5, 5.41) is 8.96. The Kier molecular flexibility index (Phi) is 16.5. The van der Waals surface area contributed by atoms with Crippen LogP contribution in [0.25, 0.3) is 0 Å². The Bertz CT molecular complexity index is 417. The van der Waals surface area contributed by atoms with Crippen LogP contribution in [-0.2, 0) is 0 Å². The molecule has 1 heterocycles. The highest BCUT2D eigenvalue weighted by molar-refractivity contribution is 5.83. The first-order valence-corrected chi connectivity index (χ1v) is 7.72. The Balaban J connectivity index is 0. The van der Waals surface area contributed by atoms with E-state index in [1.54, 1.807) is 18.2 Å². The molecule has 0 aromatic heterocycles. The van der Waals surface area contributed by atoms with E-state index in [1.165, 1.54) is 19.4 Å². The van der Waals surface area contributed by atoms with E-state index in [9.17, 15) is 4.79 Å². The number of para-hydroxylation sites is 1. The van der Waals surface area contributed by atoms with E-state index < -0.39 is 0 Å². The largest absolute Gasteiger partial charge is 0.327 e. The molecule has 0 radical (unpaired) electrons. The number of hydrogen-bond acceptors (Lipinski definition) is 6. The monoisotopic (exact) mass is 321 g/mol. The summed E-state index contributed by atoms with van der Waals surface area (Å²) in [5.74, 6) is 0. The maximum Gasteiger partial charge on any atom is 0.152 e. The predicted octanol–water partition coefficient (Wildman–Crippen LogP) is 2.86. The van der Waals surface area contributed by atoms with Crippen molar-refractivity contribution in [3.8, 4) is 0 Å². The Morgan fingerprint density at radius 1 is 1.39 bits per heavy atom. The fraction of sp³-hybridized carbons (Fsp3) is 0.471. The third-order valence-corrected chi connectivity index (χ3v) is 2.95. The SMILES string of the molecule is C=N.C=NNc1ccccc1C=O.CC.CN1CCCC(N)C1. The molecule has 1 unspecified atom stereocenters. The number of nitrogens with zero attached hydrogens (tertiary/aromatic N) is 2. The van der Waals surface area contributed by atoms with Crippen LogP contribution in [0.5, 0.6) is 0 Å². The quantitative estimate of drug-likeness (QED) is 0.453. The van der Waals surface area contributed by atoms with E-state index >= 15 is 0 Å². The molecule has 0 spiro atoms. The lowest BCUT2D eigenvalue weighted by Gasteiger charge is -2.26. The topological polar surface area (TPSA) is 94.6 Å². The highest BCUT2D eigenvalue weighted by Crippen LogP contribution is 2.11. The Hall–Kier alpha value is -2.05. The molecule has 6 heteroatoms. The van der Waals surface area contributed by atoms with Gasteiger partial charge in [0.05, 0.1) is 5.69 Å². The summed E-state index contributed by atoms with van der Waals surface area (Å²) in [6.07, 6.45) is 3.26. The molecular weight excluding hydrogens is 290 g/mol. The highest BCUT2D eigenvalue weighted by Gasteiger charge is 2.11. The molecule has 0 aliphatic carbocycles. The number of nitrogens with one attached hydrogen (secondary N) is 2. The van der Waals surface area contributed by atoms with Gasteiger partial charge in [0.1, 0.15) is 0 Å². The molecule has 1 saturated heterocycles. The molecule has 2 rings (SSSR count). The van der Waals surface area contributed by atoms with Gasteiger partial charge < -0.3 is 16.0 Å². The molecule has 4 N–H and O–H groups in total. The van der Waals surface area contributed by atoms with Gasteiger partial charge in [-0.3, -0.25) is 10.2 Å². The van der Waals surface area contributed by atoms with Gasteiger partial charge in [0.25, 0.3) is 0 Å². The van der Waals surface area contributed by atoms with Crippen LogP contribution in [0.15, 0.2) is 29.4 Å². The summed E-state index contributed by atoms with van der Waals surface area (Å²) in [7, 11) is 2.12. The summed E-state index contributed by atoms with van der Waals surface area (Å²) < 4.78 is 0. The minimum Gasteiger partial charge on any atom is -0.327 e. The second kappa shape index (κ2) is 16.3. The minimum absolute atomic E-state index is 0.439. The number of nitrogens with two attached hydrogens (primary N) is 1. The Labute approximate surface area is 140 Å². The van der Waals surface area contributed by atoms with E-state index in [-0.39, 0.29) is 0 Å². The van der Waals surface area contributed by atoms with Crippen LogP contribution in [0.3, 0.4) is 0 Å². The number of anilines is 1. The molecule has 1 aliphatic heterocycles. The fourth-order valence-corrected chi connectivity index (χ4v) is 1.99. The smallest absolute Gasteiger partial charge is 0.152 e. The predicted molar refractivity (Wildman–Crippen MR) is 101 cm³/mol. The molecule has 1 aliphatic rings. The number of carbonyl (C=O) groups excluding carboxylic acids is 1. The van der Waals surface area contributed by atoms with Gasteiger partial charge in [-0.2, -0.15) is 5.10 Å². The lowest BCUT2D eigenvalue weighted by atomic mass is 10.1. The van der Waals surface area contributed by atoms with Gasteiger partial charge in [0.15, 0.2) is 6.29 Å². The van der Waals surface area contributed by atoms with Crippen molar-refractivity contribution in [1.82, 2.24) is 4.90 Å². The fourth-order valence-electron chi connectivity index (χ4n) is 1.99. The average Bonchev–Trinajstić information content (AvgIpc) is 2.60.